The van der Waals surface area contributed by atoms with Crippen molar-refractivity contribution in [3.05, 3.63) is 114 Å². The summed E-state index contributed by atoms with van der Waals surface area (Å²) >= 11 is 0. The second-order valence-corrected chi connectivity index (χ2v) is 7.50. The monoisotopic (exact) mass is 409 g/mol. The maximum absolute atomic E-state index is 10.7. The van der Waals surface area contributed by atoms with Crippen LogP contribution in [0.1, 0.15) is 11.1 Å². The molecular formula is C25H23N5O. The van der Waals surface area contributed by atoms with E-state index in [2.05, 4.69) is 44.5 Å². The van der Waals surface area contributed by atoms with Crippen LogP contribution in [0.2, 0.25) is 0 Å². The Bertz CT molecular complexity index is 1170. The molecule has 0 saturated carbocycles. The quantitative estimate of drug-likeness (QED) is 0.639. The number of allylic oxidation sites excluding steroid dienone is 2. The van der Waals surface area contributed by atoms with Gasteiger partial charge < -0.3 is 20.2 Å². The number of hydrogen-bond donors (Lipinski definition) is 2. The number of aliphatic hydroxyl groups excluding tert-OH is 1. The lowest BCUT2D eigenvalue weighted by molar-refractivity contribution is 0.305. The van der Waals surface area contributed by atoms with Gasteiger partial charge >= 0.3 is 0 Å². The highest BCUT2D eigenvalue weighted by atomic mass is 16.3. The van der Waals surface area contributed by atoms with E-state index in [1.54, 1.807) is 6.08 Å². The molecule has 2 aromatic carbocycles. The van der Waals surface area contributed by atoms with Crippen molar-refractivity contribution in [2.75, 3.05) is 16.8 Å². The number of nitrogens with zero attached hydrogens (tertiary/aromatic N) is 4. The van der Waals surface area contributed by atoms with Gasteiger partial charge in [-0.2, -0.15) is 0 Å². The van der Waals surface area contributed by atoms with Gasteiger partial charge in [0.1, 0.15) is 23.7 Å². The summed E-state index contributed by atoms with van der Waals surface area (Å²) in [5.74, 6) is 1.65. The van der Waals surface area contributed by atoms with E-state index in [0.29, 0.717) is 11.6 Å². The fourth-order valence-electron chi connectivity index (χ4n) is 3.87. The van der Waals surface area contributed by atoms with Gasteiger partial charge in [-0.1, -0.05) is 42.5 Å². The molecule has 0 aliphatic carbocycles. The maximum atomic E-state index is 10.7. The zero-order chi connectivity index (χ0) is 21.0. The average Bonchev–Trinajstić information content (AvgIpc) is 3.01. The molecule has 31 heavy (non-hydrogen) atoms. The van der Waals surface area contributed by atoms with Crippen LogP contribution in [0.3, 0.4) is 0 Å². The molecule has 6 nitrogen and oxygen atoms in total. The third-order valence-corrected chi connectivity index (χ3v) is 5.48. The van der Waals surface area contributed by atoms with Gasteiger partial charge in [0.25, 0.3) is 0 Å². The van der Waals surface area contributed by atoms with E-state index in [-0.39, 0.29) is 5.76 Å². The number of rotatable bonds is 4. The predicted molar refractivity (Wildman–Crippen MR) is 123 cm³/mol. The normalized spacial score (nSPS) is 15.6. The molecule has 6 heteroatoms. The van der Waals surface area contributed by atoms with Crippen molar-refractivity contribution >= 4 is 17.3 Å². The van der Waals surface area contributed by atoms with Crippen molar-refractivity contribution in [3.63, 3.8) is 0 Å². The summed E-state index contributed by atoms with van der Waals surface area (Å²) in [5.41, 5.74) is 4.46. The summed E-state index contributed by atoms with van der Waals surface area (Å²) in [5, 5.41) is 14.0. The molecule has 0 atom stereocenters. The highest BCUT2D eigenvalue weighted by Crippen LogP contribution is 2.26. The number of aliphatic hydroxyl groups is 1. The van der Waals surface area contributed by atoms with Crippen LogP contribution in [0, 0.1) is 0 Å². The number of fused-ring (bicyclic) bond motifs is 1. The third kappa shape index (κ3) is 4.14. The molecule has 2 N–H and O–H groups in total. The molecule has 0 unspecified atom stereocenters. The molecule has 0 radical (unpaired) electrons. The van der Waals surface area contributed by atoms with Crippen molar-refractivity contribution in [2.24, 2.45) is 0 Å². The Morgan fingerprint density at radius 1 is 0.871 bits per heavy atom. The number of benzene rings is 2. The average molecular weight is 409 g/mol. The van der Waals surface area contributed by atoms with Crippen LogP contribution in [-0.4, -0.2) is 26.5 Å². The molecule has 0 saturated heterocycles. The molecule has 0 fully saturated rings. The summed E-state index contributed by atoms with van der Waals surface area (Å²) in [4.78, 5) is 12.8. The first-order chi connectivity index (χ1) is 15.3. The molecule has 5 rings (SSSR count). The topological polar surface area (TPSA) is 64.5 Å². The first-order valence-corrected chi connectivity index (χ1v) is 10.3. The molecule has 0 spiro atoms. The van der Waals surface area contributed by atoms with E-state index in [9.17, 15) is 5.11 Å². The van der Waals surface area contributed by atoms with Crippen molar-refractivity contribution < 1.29 is 5.11 Å². The Morgan fingerprint density at radius 2 is 1.65 bits per heavy atom. The molecule has 2 aliphatic heterocycles. The van der Waals surface area contributed by atoms with Crippen LogP contribution >= 0.6 is 0 Å². The van der Waals surface area contributed by atoms with Crippen LogP contribution in [0.5, 0.6) is 0 Å². The first-order valence-electron chi connectivity index (χ1n) is 10.3. The zero-order valence-electron chi connectivity index (χ0n) is 17.0. The highest BCUT2D eigenvalue weighted by molar-refractivity contribution is 5.61. The first kappa shape index (κ1) is 18.9. The van der Waals surface area contributed by atoms with Crippen molar-refractivity contribution in [1.29, 1.82) is 0 Å². The van der Waals surface area contributed by atoms with E-state index < -0.39 is 0 Å². The fourth-order valence-corrected chi connectivity index (χ4v) is 3.87. The van der Waals surface area contributed by atoms with Crippen LogP contribution in [-0.2, 0) is 13.0 Å². The number of hydrogen-bond acceptors (Lipinski definition) is 6. The summed E-state index contributed by atoms with van der Waals surface area (Å²) in [7, 11) is 0. The SMILES string of the molecule is OC1=C(N2CCc3ccccc3C2)C=CN(c2cc(Nc3ccccc3)ncn2)C=C1. The van der Waals surface area contributed by atoms with Gasteiger partial charge in [-0.25, -0.2) is 9.97 Å². The molecular weight excluding hydrogens is 386 g/mol. The Hall–Kier alpha value is -4.06. The van der Waals surface area contributed by atoms with Gasteiger partial charge in [-0.05, 0) is 41.8 Å². The molecule has 1 aromatic heterocycles. The van der Waals surface area contributed by atoms with Crippen LogP contribution in [0.25, 0.3) is 0 Å². The smallest absolute Gasteiger partial charge is 0.142 e. The number of nitrogens with one attached hydrogen (secondary N) is 1. The van der Waals surface area contributed by atoms with Crippen molar-refractivity contribution in [1.82, 2.24) is 14.9 Å². The lowest BCUT2D eigenvalue weighted by Gasteiger charge is -2.31. The Balaban J connectivity index is 1.35. The standard InChI is InChI=1S/C25H23N5O/c31-23-12-15-29(25-16-24(26-18-27-25)28-21-8-2-1-3-9-21)14-11-22(23)30-13-10-19-6-4-5-7-20(19)17-30/h1-9,11-12,14-16,18,31H,10,13,17H2,(H,26,27,28). The van der Waals surface area contributed by atoms with Crippen molar-refractivity contribution in [3.8, 4) is 0 Å². The fraction of sp³-hybridized carbons (Fsp3) is 0.120. The molecule has 3 heterocycles. The second-order valence-electron chi connectivity index (χ2n) is 7.50. The van der Waals surface area contributed by atoms with Crippen LogP contribution < -0.4 is 10.2 Å². The Morgan fingerprint density at radius 3 is 2.52 bits per heavy atom. The molecule has 0 bridgehead atoms. The second kappa shape index (κ2) is 8.36. The van der Waals surface area contributed by atoms with Crippen LogP contribution in [0.15, 0.2) is 103 Å². The zero-order valence-corrected chi connectivity index (χ0v) is 17.0. The van der Waals surface area contributed by atoms with E-state index >= 15 is 0 Å². The Kier molecular flexibility index (Phi) is 5.10. The third-order valence-electron chi connectivity index (χ3n) is 5.48. The van der Waals surface area contributed by atoms with E-state index in [0.717, 1.165) is 30.9 Å². The van der Waals surface area contributed by atoms with E-state index in [4.69, 9.17) is 0 Å². The lowest BCUT2D eigenvalue weighted by atomic mass is 9.99. The van der Waals surface area contributed by atoms with Gasteiger partial charge in [-0.15, -0.1) is 0 Å². The molecule has 3 aromatic rings. The minimum absolute atomic E-state index is 0.245. The van der Waals surface area contributed by atoms with Gasteiger partial charge in [0.2, 0.25) is 0 Å². The van der Waals surface area contributed by atoms with E-state index in [1.807, 2.05) is 59.8 Å². The summed E-state index contributed by atoms with van der Waals surface area (Å²) in [6.07, 6.45) is 9.88. The number of anilines is 3. The van der Waals surface area contributed by atoms with Crippen molar-refractivity contribution in [2.45, 2.75) is 13.0 Å². The van der Waals surface area contributed by atoms with Gasteiger partial charge in [-0.3, -0.25) is 0 Å². The number of para-hydroxylation sites is 1. The van der Waals surface area contributed by atoms with Gasteiger partial charge in [0.05, 0.1) is 5.70 Å². The minimum atomic E-state index is 0.245. The summed E-state index contributed by atoms with van der Waals surface area (Å²) < 4.78 is 0. The summed E-state index contributed by atoms with van der Waals surface area (Å²) in [6, 6.07) is 20.3. The van der Waals surface area contributed by atoms with Crippen LogP contribution in [0.4, 0.5) is 17.3 Å². The summed E-state index contributed by atoms with van der Waals surface area (Å²) in [6.45, 7) is 1.65. The van der Waals surface area contributed by atoms with E-state index in [1.165, 1.54) is 17.5 Å². The predicted octanol–water partition coefficient (Wildman–Crippen LogP) is 4.90. The lowest BCUT2D eigenvalue weighted by Crippen LogP contribution is -2.30. The van der Waals surface area contributed by atoms with Gasteiger partial charge in [0, 0.05) is 37.2 Å². The largest absolute Gasteiger partial charge is 0.506 e. The molecule has 0 amide bonds. The molecule has 154 valence electrons. The Labute approximate surface area is 181 Å². The minimum Gasteiger partial charge on any atom is -0.506 e. The molecule has 2 aliphatic rings. The highest BCUT2D eigenvalue weighted by Gasteiger charge is 2.20. The number of aromatic nitrogens is 2. The van der Waals surface area contributed by atoms with Gasteiger partial charge in [0.15, 0.2) is 0 Å². The maximum Gasteiger partial charge on any atom is 0.142 e.